The molecular formula is C15H12N2O2S. The summed E-state index contributed by atoms with van der Waals surface area (Å²) < 4.78 is 0. The first kappa shape index (κ1) is 12.6. The number of hydrogen-bond donors (Lipinski definition) is 1. The van der Waals surface area contributed by atoms with Crippen molar-refractivity contribution >= 4 is 34.9 Å². The summed E-state index contributed by atoms with van der Waals surface area (Å²) in [4.78, 5) is 26.3. The van der Waals surface area contributed by atoms with Crippen LogP contribution in [0.5, 0.6) is 0 Å². The van der Waals surface area contributed by atoms with E-state index in [1.165, 1.54) is 5.01 Å². The first-order valence-corrected chi connectivity index (χ1v) is 6.95. The Balaban J connectivity index is 1.93. The Kier molecular flexibility index (Phi) is 3.12. The Hall–Kier alpha value is -2.40. The largest absolute Gasteiger partial charge is 0.282 e. The molecule has 3 rings (SSSR count). The molecule has 0 spiro atoms. The first-order valence-electron chi connectivity index (χ1n) is 6.14. The van der Waals surface area contributed by atoms with Crippen molar-refractivity contribution < 1.29 is 9.59 Å². The van der Waals surface area contributed by atoms with Gasteiger partial charge in [0.05, 0.1) is 5.69 Å². The lowest BCUT2D eigenvalue weighted by molar-refractivity contribution is -0.117. The molecule has 5 heteroatoms. The number of nitrogens with one attached hydrogen (secondary N) is 1. The zero-order chi connectivity index (χ0) is 14.1. The highest BCUT2D eigenvalue weighted by Gasteiger charge is 2.34. The quantitative estimate of drug-likeness (QED) is 0.680. The number of benzene rings is 1. The molecule has 2 heterocycles. The molecule has 1 aromatic carbocycles. The van der Waals surface area contributed by atoms with Crippen molar-refractivity contribution in [2.24, 2.45) is 0 Å². The minimum atomic E-state index is -0.370. The first-order chi connectivity index (χ1) is 9.65. The minimum absolute atomic E-state index is 0.163. The normalized spacial score (nSPS) is 16.9. The molecule has 1 saturated heterocycles. The Morgan fingerprint density at radius 3 is 2.50 bits per heavy atom. The fourth-order valence-corrected chi connectivity index (χ4v) is 2.81. The van der Waals surface area contributed by atoms with Crippen LogP contribution in [0, 0.1) is 6.92 Å². The van der Waals surface area contributed by atoms with Crippen molar-refractivity contribution in [2.45, 2.75) is 6.92 Å². The van der Waals surface area contributed by atoms with Gasteiger partial charge in [-0.05, 0) is 37.3 Å². The van der Waals surface area contributed by atoms with Crippen molar-refractivity contribution in [1.82, 2.24) is 5.43 Å². The zero-order valence-corrected chi connectivity index (χ0v) is 11.6. The van der Waals surface area contributed by atoms with E-state index in [0.29, 0.717) is 5.69 Å². The van der Waals surface area contributed by atoms with Crippen LogP contribution in [0.25, 0.3) is 6.08 Å². The summed E-state index contributed by atoms with van der Waals surface area (Å²) in [5.41, 5.74) is 3.39. The van der Waals surface area contributed by atoms with Crippen LogP contribution < -0.4 is 10.4 Å². The van der Waals surface area contributed by atoms with Gasteiger partial charge in [-0.3, -0.25) is 15.0 Å². The average Bonchev–Trinajstić information content (AvgIpc) is 2.98. The number of hydrogen-bond acceptors (Lipinski definition) is 3. The van der Waals surface area contributed by atoms with Gasteiger partial charge in [-0.1, -0.05) is 18.2 Å². The maximum Gasteiger partial charge on any atom is 0.282 e. The molecule has 0 bridgehead atoms. The van der Waals surface area contributed by atoms with Crippen LogP contribution in [-0.4, -0.2) is 11.8 Å². The summed E-state index contributed by atoms with van der Waals surface area (Å²) in [6, 6.07) is 12.9. The van der Waals surface area contributed by atoms with Crippen molar-refractivity contribution in [1.29, 1.82) is 0 Å². The van der Waals surface area contributed by atoms with Gasteiger partial charge in [0, 0.05) is 9.75 Å². The van der Waals surface area contributed by atoms with E-state index in [1.807, 2.05) is 37.3 Å². The maximum atomic E-state index is 12.3. The van der Waals surface area contributed by atoms with Crippen molar-refractivity contribution in [3.8, 4) is 0 Å². The highest BCUT2D eigenvalue weighted by atomic mass is 32.1. The lowest BCUT2D eigenvalue weighted by Gasteiger charge is -2.13. The van der Waals surface area contributed by atoms with Gasteiger partial charge in [0.15, 0.2) is 0 Å². The van der Waals surface area contributed by atoms with E-state index in [2.05, 4.69) is 5.43 Å². The standard InChI is InChI=1S/C15H12N2O2S/c1-10-7-8-12(20-10)9-13-14(18)16-17(15(13)19)11-5-3-2-4-6-11/h2-9H,1H3,(H,16,18)/b13-9+. The van der Waals surface area contributed by atoms with Gasteiger partial charge in [-0.2, -0.15) is 0 Å². The minimum Gasteiger partial charge on any atom is -0.267 e. The van der Waals surface area contributed by atoms with Crippen LogP contribution >= 0.6 is 11.3 Å². The third kappa shape index (κ3) is 2.23. The molecule has 4 nitrogen and oxygen atoms in total. The number of carbonyl (C=O) groups is 2. The van der Waals surface area contributed by atoms with Gasteiger partial charge in [0.1, 0.15) is 5.57 Å². The molecule has 0 saturated carbocycles. The molecule has 2 amide bonds. The number of anilines is 1. The zero-order valence-electron chi connectivity index (χ0n) is 10.8. The van der Waals surface area contributed by atoms with Crippen LogP contribution in [0.2, 0.25) is 0 Å². The van der Waals surface area contributed by atoms with E-state index in [-0.39, 0.29) is 17.4 Å². The van der Waals surface area contributed by atoms with Crippen LogP contribution in [-0.2, 0) is 9.59 Å². The van der Waals surface area contributed by atoms with Gasteiger partial charge in [-0.25, -0.2) is 5.01 Å². The molecule has 1 fully saturated rings. The monoisotopic (exact) mass is 284 g/mol. The highest BCUT2D eigenvalue weighted by Crippen LogP contribution is 2.23. The molecule has 1 aliphatic rings. The highest BCUT2D eigenvalue weighted by molar-refractivity contribution is 7.12. The third-order valence-corrected chi connectivity index (χ3v) is 3.90. The Labute approximate surface area is 120 Å². The van der Waals surface area contributed by atoms with Crippen LogP contribution in [0.3, 0.4) is 0 Å². The lowest BCUT2D eigenvalue weighted by Crippen LogP contribution is -2.35. The smallest absolute Gasteiger partial charge is 0.267 e. The molecule has 0 atom stereocenters. The fourth-order valence-electron chi connectivity index (χ4n) is 1.99. The summed E-state index contributed by atoms with van der Waals surface area (Å²) in [5.74, 6) is -0.697. The van der Waals surface area contributed by atoms with Crippen LogP contribution in [0.4, 0.5) is 5.69 Å². The van der Waals surface area contributed by atoms with E-state index in [0.717, 1.165) is 9.75 Å². The molecule has 0 unspecified atom stereocenters. The Morgan fingerprint density at radius 2 is 1.85 bits per heavy atom. The summed E-state index contributed by atoms with van der Waals surface area (Å²) in [5, 5.41) is 1.27. The van der Waals surface area contributed by atoms with Gasteiger partial charge >= 0.3 is 0 Å². The second-order valence-electron chi connectivity index (χ2n) is 4.42. The van der Waals surface area contributed by atoms with Crippen LogP contribution in [0.1, 0.15) is 9.75 Å². The third-order valence-electron chi connectivity index (χ3n) is 2.95. The number of nitrogens with zero attached hydrogens (tertiary/aromatic N) is 1. The van der Waals surface area contributed by atoms with E-state index in [4.69, 9.17) is 0 Å². The van der Waals surface area contributed by atoms with Gasteiger partial charge in [0.25, 0.3) is 11.8 Å². The maximum absolute atomic E-state index is 12.3. The Bertz CT molecular complexity index is 704. The number of aryl methyl sites for hydroxylation is 1. The topological polar surface area (TPSA) is 49.4 Å². The summed E-state index contributed by atoms with van der Waals surface area (Å²) in [7, 11) is 0. The molecule has 20 heavy (non-hydrogen) atoms. The molecule has 100 valence electrons. The molecule has 1 N–H and O–H groups in total. The molecule has 0 radical (unpaired) electrons. The van der Waals surface area contributed by atoms with Gasteiger partial charge in [-0.15, -0.1) is 11.3 Å². The predicted octanol–water partition coefficient (Wildman–Crippen LogP) is 2.52. The molecule has 1 aliphatic heterocycles. The fraction of sp³-hybridized carbons (Fsp3) is 0.0667. The van der Waals surface area contributed by atoms with Crippen molar-refractivity contribution in [3.63, 3.8) is 0 Å². The summed E-state index contributed by atoms with van der Waals surface area (Å²) >= 11 is 1.55. The number of carbonyl (C=O) groups excluding carboxylic acids is 2. The molecule has 0 aliphatic carbocycles. The van der Waals surface area contributed by atoms with Crippen molar-refractivity contribution in [2.75, 3.05) is 5.01 Å². The number of para-hydroxylation sites is 1. The number of rotatable bonds is 2. The van der Waals surface area contributed by atoms with Gasteiger partial charge < -0.3 is 0 Å². The molecule has 2 aromatic rings. The number of thiophene rings is 1. The number of hydrazine groups is 1. The molecular weight excluding hydrogens is 272 g/mol. The van der Waals surface area contributed by atoms with Crippen molar-refractivity contribution in [3.05, 3.63) is 57.8 Å². The molecule has 1 aromatic heterocycles. The number of amides is 2. The van der Waals surface area contributed by atoms with E-state index < -0.39 is 0 Å². The second kappa shape index (κ2) is 4.94. The van der Waals surface area contributed by atoms with Gasteiger partial charge in [0.2, 0.25) is 0 Å². The second-order valence-corrected chi connectivity index (χ2v) is 5.74. The van der Waals surface area contributed by atoms with E-state index >= 15 is 0 Å². The van der Waals surface area contributed by atoms with Crippen LogP contribution in [0.15, 0.2) is 48.0 Å². The Morgan fingerprint density at radius 1 is 1.10 bits per heavy atom. The van der Waals surface area contributed by atoms with E-state index in [1.54, 1.807) is 29.5 Å². The SMILES string of the molecule is Cc1ccc(/C=C2\C(=O)NN(c3ccccc3)C2=O)s1. The summed E-state index contributed by atoms with van der Waals surface area (Å²) in [6.07, 6.45) is 1.64. The van der Waals surface area contributed by atoms with E-state index in [9.17, 15) is 9.59 Å². The lowest BCUT2D eigenvalue weighted by atomic mass is 10.2. The average molecular weight is 284 g/mol. The summed E-state index contributed by atoms with van der Waals surface area (Å²) in [6.45, 7) is 1.99. The predicted molar refractivity (Wildman–Crippen MR) is 79.1 cm³/mol.